The molecule has 2 rings (SSSR count). The third kappa shape index (κ3) is 5.17. The molecule has 0 spiro atoms. The first kappa shape index (κ1) is 16.0. The fraction of sp³-hybridized carbons (Fsp3) is 0.625. The maximum absolute atomic E-state index is 5.65. The van der Waals surface area contributed by atoms with E-state index in [1.54, 1.807) is 0 Å². The van der Waals surface area contributed by atoms with Crippen molar-refractivity contribution in [3.05, 3.63) is 34.3 Å². The van der Waals surface area contributed by atoms with Crippen LogP contribution < -0.4 is 5.32 Å². The molecule has 112 valence electrons. The Balaban J connectivity index is 1.55. The number of hydrogen-bond donors (Lipinski definition) is 1. The molecule has 1 saturated heterocycles. The van der Waals surface area contributed by atoms with Crippen molar-refractivity contribution in [2.75, 3.05) is 26.4 Å². The molecule has 3 nitrogen and oxygen atoms in total. The van der Waals surface area contributed by atoms with Crippen LogP contribution in [0.5, 0.6) is 0 Å². The number of hydrogen-bond acceptors (Lipinski definition) is 3. The van der Waals surface area contributed by atoms with Crippen molar-refractivity contribution < 1.29 is 9.47 Å². The zero-order valence-corrected chi connectivity index (χ0v) is 13.7. The molecule has 0 aliphatic carbocycles. The predicted octanol–water partition coefficient (Wildman–Crippen LogP) is 3.69. The average molecular weight is 342 g/mol. The lowest BCUT2D eigenvalue weighted by Gasteiger charge is -2.16. The van der Waals surface area contributed by atoms with Crippen molar-refractivity contribution in [3.8, 4) is 0 Å². The third-order valence-electron chi connectivity index (χ3n) is 3.62. The van der Waals surface area contributed by atoms with Crippen LogP contribution in [0.3, 0.4) is 0 Å². The van der Waals surface area contributed by atoms with Crippen molar-refractivity contribution in [1.29, 1.82) is 0 Å². The van der Waals surface area contributed by atoms with E-state index in [1.165, 1.54) is 12.0 Å². The molecular weight excluding hydrogens is 318 g/mol. The van der Waals surface area contributed by atoms with Crippen molar-refractivity contribution in [2.24, 2.45) is 0 Å². The SMILES string of the molecule is CC(NCCCOCC1CCCO1)c1ccccc1Br. The van der Waals surface area contributed by atoms with Gasteiger partial charge >= 0.3 is 0 Å². The van der Waals surface area contributed by atoms with Gasteiger partial charge in [0.2, 0.25) is 0 Å². The van der Waals surface area contributed by atoms with Gasteiger partial charge in [-0.2, -0.15) is 0 Å². The molecule has 20 heavy (non-hydrogen) atoms. The molecule has 2 unspecified atom stereocenters. The Bertz CT molecular complexity index is 394. The van der Waals surface area contributed by atoms with E-state index in [1.807, 2.05) is 6.07 Å². The van der Waals surface area contributed by atoms with Crippen LogP contribution in [0.2, 0.25) is 0 Å². The van der Waals surface area contributed by atoms with E-state index in [9.17, 15) is 0 Å². The standard InChI is InChI=1S/C16H24BrNO2/c1-13(15-7-2-3-8-16(15)17)18-9-5-10-19-12-14-6-4-11-20-14/h2-3,7-8,13-14,18H,4-6,9-12H2,1H3. The Labute approximate surface area is 130 Å². The van der Waals surface area contributed by atoms with E-state index < -0.39 is 0 Å². The highest BCUT2D eigenvalue weighted by atomic mass is 79.9. The summed E-state index contributed by atoms with van der Waals surface area (Å²) in [5.41, 5.74) is 1.30. The summed E-state index contributed by atoms with van der Waals surface area (Å²) in [5, 5.41) is 3.53. The summed E-state index contributed by atoms with van der Waals surface area (Å²) in [6.07, 6.45) is 3.69. The minimum absolute atomic E-state index is 0.335. The highest BCUT2D eigenvalue weighted by molar-refractivity contribution is 9.10. The first-order chi connectivity index (χ1) is 9.77. The molecule has 1 aliphatic rings. The smallest absolute Gasteiger partial charge is 0.0809 e. The molecule has 1 aliphatic heterocycles. The molecule has 1 aromatic rings. The zero-order chi connectivity index (χ0) is 14.2. The number of ether oxygens (including phenoxy) is 2. The van der Waals surface area contributed by atoms with Crippen molar-refractivity contribution >= 4 is 15.9 Å². The summed E-state index contributed by atoms with van der Waals surface area (Å²) in [6, 6.07) is 8.69. The molecule has 1 aromatic carbocycles. The van der Waals surface area contributed by atoms with Gasteiger partial charge in [0.15, 0.2) is 0 Å². The van der Waals surface area contributed by atoms with Gasteiger partial charge in [0.05, 0.1) is 12.7 Å². The van der Waals surface area contributed by atoms with E-state index in [0.717, 1.165) is 43.7 Å². The molecule has 0 saturated carbocycles. The minimum atomic E-state index is 0.335. The van der Waals surface area contributed by atoms with Crippen molar-refractivity contribution in [3.63, 3.8) is 0 Å². The fourth-order valence-corrected chi connectivity index (χ4v) is 3.05. The second kappa shape index (κ2) is 8.78. The quantitative estimate of drug-likeness (QED) is 0.731. The zero-order valence-electron chi connectivity index (χ0n) is 12.1. The Kier molecular flexibility index (Phi) is 7.00. The molecule has 1 fully saturated rings. The maximum atomic E-state index is 5.65. The Hall–Kier alpha value is -0.420. The molecular formula is C16H24BrNO2. The van der Waals surface area contributed by atoms with Crippen LogP contribution in [0, 0.1) is 0 Å². The number of nitrogens with one attached hydrogen (secondary N) is 1. The molecule has 0 aromatic heterocycles. The second-order valence-corrected chi connectivity index (χ2v) is 6.12. The second-order valence-electron chi connectivity index (χ2n) is 5.26. The topological polar surface area (TPSA) is 30.5 Å². The first-order valence-electron chi connectivity index (χ1n) is 7.44. The number of benzene rings is 1. The Morgan fingerprint density at radius 1 is 1.45 bits per heavy atom. The number of rotatable bonds is 8. The van der Waals surface area contributed by atoms with E-state index in [4.69, 9.17) is 9.47 Å². The summed E-state index contributed by atoms with van der Waals surface area (Å²) in [5.74, 6) is 0. The van der Waals surface area contributed by atoms with Crippen LogP contribution in [0.15, 0.2) is 28.7 Å². The highest BCUT2D eigenvalue weighted by Gasteiger charge is 2.15. The summed E-state index contributed by atoms with van der Waals surface area (Å²) < 4.78 is 12.3. The number of halogens is 1. The Morgan fingerprint density at radius 3 is 3.05 bits per heavy atom. The van der Waals surface area contributed by atoms with Crippen LogP contribution in [0.1, 0.15) is 37.8 Å². The average Bonchev–Trinajstić information content (AvgIpc) is 2.96. The predicted molar refractivity (Wildman–Crippen MR) is 85.0 cm³/mol. The lowest BCUT2D eigenvalue weighted by molar-refractivity contribution is 0.0165. The summed E-state index contributed by atoms with van der Waals surface area (Å²) in [7, 11) is 0. The molecule has 4 heteroatoms. The van der Waals surface area contributed by atoms with Gasteiger partial charge in [0, 0.05) is 23.7 Å². The monoisotopic (exact) mass is 341 g/mol. The van der Waals surface area contributed by atoms with Crippen LogP contribution in [0.25, 0.3) is 0 Å². The van der Waals surface area contributed by atoms with E-state index in [0.29, 0.717) is 12.1 Å². The van der Waals surface area contributed by atoms with E-state index in [2.05, 4.69) is 46.4 Å². The van der Waals surface area contributed by atoms with E-state index >= 15 is 0 Å². The van der Waals surface area contributed by atoms with Crippen LogP contribution in [0.4, 0.5) is 0 Å². The van der Waals surface area contributed by atoms with Gasteiger partial charge in [-0.25, -0.2) is 0 Å². The Morgan fingerprint density at radius 2 is 2.30 bits per heavy atom. The van der Waals surface area contributed by atoms with Crippen molar-refractivity contribution in [1.82, 2.24) is 5.32 Å². The minimum Gasteiger partial charge on any atom is -0.379 e. The van der Waals surface area contributed by atoms with Crippen LogP contribution in [-0.4, -0.2) is 32.5 Å². The molecule has 2 atom stereocenters. The lowest BCUT2D eigenvalue weighted by Crippen LogP contribution is -2.22. The summed E-state index contributed by atoms with van der Waals surface area (Å²) >= 11 is 3.59. The van der Waals surface area contributed by atoms with Gasteiger partial charge in [-0.05, 0) is 44.4 Å². The fourth-order valence-electron chi connectivity index (χ4n) is 2.42. The van der Waals surface area contributed by atoms with Gasteiger partial charge < -0.3 is 14.8 Å². The van der Waals surface area contributed by atoms with Gasteiger partial charge in [-0.15, -0.1) is 0 Å². The van der Waals surface area contributed by atoms with Gasteiger partial charge in [-0.3, -0.25) is 0 Å². The first-order valence-corrected chi connectivity index (χ1v) is 8.24. The molecule has 0 radical (unpaired) electrons. The van der Waals surface area contributed by atoms with Crippen LogP contribution >= 0.6 is 15.9 Å². The lowest BCUT2D eigenvalue weighted by atomic mass is 10.1. The van der Waals surface area contributed by atoms with E-state index in [-0.39, 0.29) is 0 Å². The van der Waals surface area contributed by atoms with Crippen molar-refractivity contribution in [2.45, 2.75) is 38.3 Å². The summed E-state index contributed by atoms with van der Waals surface area (Å²) in [6.45, 7) is 5.61. The summed E-state index contributed by atoms with van der Waals surface area (Å²) in [4.78, 5) is 0. The largest absolute Gasteiger partial charge is 0.379 e. The molecule has 1 N–H and O–H groups in total. The van der Waals surface area contributed by atoms with Gasteiger partial charge in [0.25, 0.3) is 0 Å². The third-order valence-corrected chi connectivity index (χ3v) is 4.34. The molecule has 1 heterocycles. The molecule has 0 bridgehead atoms. The normalized spacial score (nSPS) is 20.2. The highest BCUT2D eigenvalue weighted by Crippen LogP contribution is 2.22. The van der Waals surface area contributed by atoms with Crippen LogP contribution in [-0.2, 0) is 9.47 Å². The van der Waals surface area contributed by atoms with Gasteiger partial charge in [0.1, 0.15) is 0 Å². The molecule has 0 amide bonds. The maximum Gasteiger partial charge on any atom is 0.0809 e. The van der Waals surface area contributed by atoms with Gasteiger partial charge in [-0.1, -0.05) is 34.1 Å².